The van der Waals surface area contributed by atoms with Gasteiger partial charge in [0.05, 0.1) is 6.42 Å². The SMILES string of the molecule is CC1C=C2CC(=O)OC2=CC1C. The third kappa shape index (κ3) is 1.07. The fourth-order valence-corrected chi connectivity index (χ4v) is 1.61. The second-order valence-corrected chi connectivity index (χ2v) is 3.59. The monoisotopic (exact) mass is 164 g/mol. The van der Waals surface area contributed by atoms with Gasteiger partial charge >= 0.3 is 5.97 Å². The Morgan fingerprint density at radius 3 is 2.75 bits per heavy atom. The molecule has 2 rings (SSSR count). The minimum atomic E-state index is -0.117. The fourth-order valence-electron chi connectivity index (χ4n) is 1.61. The second-order valence-electron chi connectivity index (χ2n) is 3.59. The lowest BCUT2D eigenvalue weighted by Gasteiger charge is -2.18. The number of carbonyl (C=O) groups is 1. The number of allylic oxidation sites excluding steroid dienone is 3. The van der Waals surface area contributed by atoms with E-state index in [-0.39, 0.29) is 5.97 Å². The van der Waals surface area contributed by atoms with Crippen LogP contribution in [0.1, 0.15) is 20.3 Å². The van der Waals surface area contributed by atoms with Gasteiger partial charge in [-0.05, 0) is 17.9 Å². The molecule has 1 aliphatic carbocycles. The van der Waals surface area contributed by atoms with Gasteiger partial charge in [-0.1, -0.05) is 19.9 Å². The summed E-state index contributed by atoms with van der Waals surface area (Å²) in [6.07, 6.45) is 4.65. The molecule has 0 saturated carbocycles. The summed E-state index contributed by atoms with van der Waals surface area (Å²) >= 11 is 0. The summed E-state index contributed by atoms with van der Waals surface area (Å²) in [5, 5.41) is 0. The van der Waals surface area contributed by atoms with Gasteiger partial charge < -0.3 is 4.74 Å². The lowest BCUT2D eigenvalue weighted by atomic mass is 9.87. The van der Waals surface area contributed by atoms with Crippen molar-refractivity contribution in [2.24, 2.45) is 11.8 Å². The van der Waals surface area contributed by atoms with Crippen molar-refractivity contribution >= 4 is 5.97 Å². The van der Waals surface area contributed by atoms with Gasteiger partial charge in [0.2, 0.25) is 0 Å². The molecule has 0 aromatic carbocycles. The molecular formula is C10H12O2. The molecule has 1 heterocycles. The molecule has 0 N–H and O–H groups in total. The van der Waals surface area contributed by atoms with Crippen molar-refractivity contribution in [3.8, 4) is 0 Å². The van der Waals surface area contributed by atoms with Crippen LogP contribution in [0.2, 0.25) is 0 Å². The van der Waals surface area contributed by atoms with E-state index < -0.39 is 0 Å². The standard InChI is InChI=1S/C10H12O2/c1-6-3-8-5-10(11)12-9(8)4-7(6)2/h3-4,6-7H,5H2,1-2H3. The summed E-state index contributed by atoms with van der Waals surface area (Å²) in [6, 6.07) is 0. The zero-order valence-corrected chi connectivity index (χ0v) is 7.33. The van der Waals surface area contributed by atoms with Crippen molar-refractivity contribution in [3.05, 3.63) is 23.5 Å². The molecule has 0 amide bonds. The first-order valence-electron chi connectivity index (χ1n) is 4.30. The minimum absolute atomic E-state index is 0.117. The molecular weight excluding hydrogens is 152 g/mol. The Bertz CT molecular complexity index is 258. The smallest absolute Gasteiger partial charge is 0.315 e. The van der Waals surface area contributed by atoms with E-state index >= 15 is 0 Å². The fraction of sp³-hybridized carbons (Fsp3) is 0.500. The maximum atomic E-state index is 10.9. The van der Waals surface area contributed by atoms with Gasteiger partial charge in [0.1, 0.15) is 5.76 Å². The van der Waals surface area contributed by atoms with Gasteiger partial charge in [0.25, 0.3) is 0 Å². The molecule has 0 bridgehead atoms. The zero-order chi connectivity index (χ0) is 8.72. The number of rotatable bonds is 0. The summed E-state index contributed by atoms with van der Waals surface area (Å²) in [6.45, 7) is 4.30. The normalized spacial score (nSPS) is 33.7. The maximum Gasteiger partial charge on any atom is 0.315 e. The summed E-state index contributed by atoms with van der Waals surface area (Å²) in [5.41, 5.74) is 1.07. The number of ether oxygens (including phenoxy) is 1. The molecule has 0 aromatic heterocycles. The van der Waals surface area contributed by atoms with Crippen LogP contribution in [0.5, 0.6) is 0 Å². The summed E-state index contributed by atoms with van der Waals surface area (Å²) in [7, 11) is 0. The van der Waals surface area contributed by atoms with Crippen LogP contribution >= 0.6 is 0 Å². The highest BCUT2D eigenvalue weighted by atomic mass is 16.5. The van der Waals surface area contributed by atoms with Crippen molar-refractivity contribution in [1.29, 1.82) is 0 Å². The molecule has 64 valence electrons. The van der Waals surface area contributed by atoms with Crippen LogP contribution in [-0.4, -0.2) is 5.97 Å². The minimum Gasteiger partial charge on any atom is -0.426 e. The van der Waals surface area contributed by atoms with E-state index in [9.17, 15) is 4.79 Å². The van der Waals surface area contributed by atoms with E-state index in [1.807, 2.05) is 6.08 Å². The molecule has 1 fully saturated rings. The van der Waals surface area contributed by atoms with E-state index in [0.29, 0.717) is 18.3 Å². The van der Waals surface area contributed by atoms with Gasteiger partial charge in [-0.3, -0.25) is 4.79 Å². The third-order valence-electron chi connectivity index (χ3n) is 2.58. The molecule has 0 aromatic rings. The lowest BCUT2D eigenvalue weighted by Crippen LogP contribution is -2.08. The van der Waals surface area contributed by atoms with Crippen LogP contribution in [0.25, 0.3) is 0 Å². The third-order valence-corrected chi connectivity index (χ3v) is 2.58. The molecule has 2 heteroatoms. The summed E-state index contributed by atoms with van der Waals surface area (Å²) in [4.78, 5) is 10.9. The average molecular weight is 164 g/mol. The Hall–Kier alpha value is -1.05. The van der Waals surface area contributed by atoms with Crippen LogP contribution < -0.4 is 0 Å². The summed E-state index contributed by atoms with van der Waals surface area (Å²) in [5.74, 6) is 1.69. The number of esters is 1. The molecule has 2 unspecified atom stereocenters. The highest BCUT2D eigenvalue weighted by molar-refractivity contribution is 5.80. The number of carbonyl (C=O) groups excluding carboxylic acids is 1. The van der Waals surface area contributed by atoms with Gasteiger partial charge in [0, 0.05) is 5.57 Å². The Labute approximate surface area is 71.9 Å². The topological polar surface area (TPSA) is 26.3 Å². The maximum absolute atomic E-state index is 10.9. The van der Waals surface area contributed by atoms with Crippen molar-refractivity contribution in [2.45, 2.75) is 20.3 Å². The first-order chi connectivity index (χ1) is 5.66. The average Bonchev–Trinajstić information content (AvgIpc) is 2.30. The second kappa shape index (κ2) is 2.47. The number of fused-ring (bicyclic) bond motifs is 1. The largest absolute Gasteiger partial charge is 0.426 e. The van der Waals surface area contributed by atoms with Gasteiger partial charge in [-0.25, -0.2) is 0 Å². The van der Waals surface area contributed by atoms with E-state index in [1.165, 1.54) is 0 Å². The van der Waals surface area contributed by atoms with E-state index in [4.69, 9.17) is 4.74 Å². The van der Waals surface area contributed by atoms with Crippen LogP contribution in [0, 0.1) is 11.8 Å². The van der Waals surface area contributed by atoms with Gasteiger partial charge in [-0.15, -0.1) is 0 Å². The first kappa shape index (κ1) is 7.59. The number of hydrogen-bond donors (Lipinski definition) is 0. The Morgan fingerprint density at radius 2 is 2.00 bits per heavy atom. The van der Waals surface area contributed by atoms with Gasteiger partial charge in [0.15, 0.2) is 0 Å². The molecule has 2 aliphatic rings. The van der Waals surface area contributed by atoms with Crippen molar-refractivity contribution < 1.29 is 9.53 Å². The van der Waals surface area contributed by atoms with Crippen molar-refractivity contribution in [1.82, 2.24) is 0 Å². The first-order valence-corrected chi connectivity index (χ1v) is 4.30. The molecule has 1 aliphatic heterocycles. The predicted molar refractivity (Wildman–Crippen MR) is 45.2 cm³/mol. The van der Waals surface area contributed by atoms with Crippen LogP contribution in [0.3, 0.4) is 0 Å². The Balaban J connectivity index is 2.33. The highest BCUT2D eigenvalue weighted by Crippen LogP contribution is 2.34. The van der Waals surface area contributed by atoms with E-state index in [0.717, 1.165) is 11.3 Å². The molecule has 2 atom stereocenters. The molecule has 0 spiro atoms. The zero-order valence-electron chi connectivity index (χ0n) is 7.33. The lowest BCUT2D eigenvalue weighted by molar-refractivity contribution is -0.135. The summed E-state index contributed by atoms with van der Waals surface area (Å²) < 4.78 is 5.04. The van der Waals surface area contributed by atoms with Crippen molar-refractivity contribution in [3.63, 3.8) is 0 Å². The van der Waals surface area contributed by atoms with E-state index in [2.05, 4.69) is 19.9 Å². The van der Waals surface area contributed by atoms with Crippen LogP contribution in [0.4, 0.5) is 0 Å². The van der Waals surface area contributed by atoms with Crippen molar-refractivity contribution in [2.75, 3.05) is 0 Å². The molecule has 2 nitrogen and oxygen atoms in total. The Morgan fingerprint density at radius 1 is 1.33 bits per heavy atom. The highest BCUT2D eigenvalue weighted by Gasteiger charge is 2.28. The quantitative estimate of drug-likeness (QED) is 0.512. The molecule has 0 radical (unpaired) electrons. The van der Waals surface area contributed by atoms with Crippen LogP contribution in [-0.2, 0) is 9.53 Å². The number of hydrogen-bond acceptors (Lipinski definition) is 2. The van der Waals surface area contributed by atoms with E-state index in [1.54, 1.807) is 0 Å². The molecule has 12 heavy (non-hydrogen) atoms. The predicted octanol–water partition coefficient (Wildman–Crippen LogP) is 2.03. The Kier molecular flexibility index (Phi) is 1.56. The van der Waals surface area contributed by atoms with Crippen LogP contribution in [0.15, 0.2) is 23.5 Å². The molecule has 1 saturated heterocycles. The van der Waals surface area contributed by atoms with Gasteiger partial charge in [-0.2, -0.15) is 0 Å².